The van der Waals surface area contributed by atoms with Crippen molar-refractivity contribution in [3.8, 4) is 5.75 Å². The van der Waals surface area contributed by atoms with Gasteiger partial charge in [0.1, 0.15) is 5.75 Å². The maximum atomic E-state index is 11.4. The molecule has 0 radical (unpaired) electrons. The van der Waals surface area contributed by atoms with Gasteiger partial charge in [0.15, 0.2) is 6.29 Å². The molecule has 134 valence electrons. The summed E-state index contributed by atoms with van der Waals surface area (Å²) in [4.78, 5) is 11.4. The summed E-state index contributed by atoms with van der Waals surface area (Å²) in [5.41, 5.74) is 0.447. The van der Waals surface area contributed by atoms with Crippen LogP contribution in [0.1, 0.15) is 43.0 Å². The van der Waals surface area contributed by atoms with Crippen molar-refractivity contribution in [3.63, 3.8) is 0 Å². The summed E-state index contributed by atoms with van der Waals surface area (Å²) in [5, 5.41) is 2.45. The van der Waals surface area contributed by atoms with Crippen LogP contribution >= 0.6 is 19.7 Å². The molecule has 0 heterocycles. The first-order valence-electron chi connectivity index (χ1n) is 8.52. The zero-order valence-electron chi connectivity index (χ0n) is 14.7. The molecule has 25 heavy (non-hydrogen) atoms. The minimum Gasteiger partial charge on any atom is -0.494 e. The van der Waals surface area contributed by atoms with Gasteiger partial charge in [0.2, 0.25) is 0 Å². The highest BCUT2D eigenvalue weighted by atomic mass is 35.5. The molecule has 5 heteroatoms. The number of halogens is 1. The molecule has 0 aliphatic rings. The van der Waals surface area contributed by atoms with E-state index in [2.05, 4.69) is 19.1 Å². The molecule has 0 fully saturated rings. The molecule has 3 nitrogen and oxygen atoms in total. The van der Waals surface area contributed by atoms with Crippen LogP contribution in [-0.4, -0.2) is 20.0 Å². The second kappa shape index (κ2) is 10.6. The quantitative estimate of drug-likeness (QED) is 0.327. The summed E-state index contributed by atoms with van der Waals surface area (Å²) in [7, 11) is 0.486. The molecule has 2 rings (SSSR count). The van der Waals surface area contributed by atoms with Crippen LogP contribution in [0.4, 0.5) is 0 Å². The monoisotopic (exact) mass is 378 g/mol. The number of aldehydes is 1. The Labute approximate surface area is 156 Å². The molecule has 1 atom stereocenters. The molecule has 0 amide bonds. The Kier molecular flexibility index (Phi) is 8.40. The molecule has 0 aliphatic carbocycles. The van der Waals surface area contributed by atoms with E-state index in [1.807, 2.05) is 30.3 Å². The predicted octanol–water partition coefficient (Wildman–Crippen LogP) is 5.11. The van der Waals surface area contributed by atoms with E-state index in [0.29, 0.717) is 22.9 Å². The van der Waals surface area contributed by atoms with Crippen molar-refractivity contribution < 1.29 is 14.1 Å². The zero-order valence-corrected chi connectivity index (χ0v) is 16.4. The Morgan fingerprint density at radius 1 is 1.08 bits per heavy atom. The summed E-state index contributed by atoms with van der Waals surface area (Å²) in [6.45, 7) is 2.89. The van der Waals surface area contributed by atoms with Gasteiger partial charge in [-0.2, -0.15) is 0 Å². The molecule has 0 spiro atoms. The third-order valence-electron chi connectivity index (χ3n) is 3.83. The summed E-state index contributed by atoms with van der Waals surface area (Å²) in [6, 6.07) is 13.7. The smallest absolute Gasteiger partial charge is 0.153 e. The molecule has 2 aromatic carbocycles. The van der Waals surface area contributed by atoms with Crippen molar-refractivity contribution in [1.29, 1.82) is 0 Å². The third kappa shape index (κ3) is 5.54. The van der Waals surface area contributed by atoms with E-state index < -0.39 is 8.15 Å². The van der Waals surface area contributed by atoms with Crippen molar-refractivity contribution in [2.24, 2.45) is 0 Å². The Bertz CT molecular complexity index is 676. The summed E-state index contributed by atoms with van der Waals surface area (Å²) in [6.07, 6.45) is 5.38. The number of methoxy groups -OCH3 is 1. The molecule has 0 saturated carbocycles. The van der Waals surface area contributed by atoms with Gasteiger partial charge in [0.25, 0.3) is 0 Å². The molecule has 0 N–H and O–H groups in total. The van der Waals surface area contributed by atoms with Gasteiger partial charge in [-0.1, -0.05) is 68.1 Å². The predicted molar refractivity (Wildman–Crippen MR) is 106 cm³/mol. The Morgan fingerprint density at radius 3 is 2.48 bits per heavy atom. The van der Waals surface area contributed by atoms with Gasteiger partial charge >= 0.3 is 0 Å². The van der Waals surface area contributed by atoms with Crippen LogP contribution in [0.15, 0.2) is 42.5 Å². The number of rotatable bonds is 10. The Balaban J connectivity index is 2.29. The molecule has 0 saturated heterocycles. The van der Waals surface area contributed by atoms with E-state index in [0.717, 1.165) is 29.7 Å². The Hall–Kier alpha value is -1.41. The first kappa shape index (κ1) is 19.9. The van der Waals surface area contributed by atoms with Crippen molar-refractivity contribution in [2.75, 3.05) is 13.7 Å². The second-order valence-corrected chi connectivity index (χ2v) is 7.98. The fourth-order valence-electron chi connectivity index (χ4n) is 2.57. The van der Waals surface area contributed by atoms with Gasteiger partial charge < -0.3 is 9.26 Å². The van der Waals surface area contributed by atoms with Crippen LogP contribution in [0, 0.1) is 0 Å². The topological polar surface area (TPSA) is 35.5 Å². The largest absolute Gasteiger partial charge is 0.494 e. The lowest BCUT2D eigenvalue weighted by atomic mass is 10.2. The van der Waals surface area contributed by atoms with E-state index >= 15 is 0 Å². The number of carbonyl (C=O) groups excluding carboxylic acids is 1. The average molecular weight is 379 g/mol. The molecular formula is C20H24ClO3P. The second-order valence-electron chi connectivity index (χ2n) is 5.69. The first-order valence-corrected chi connectivity index (χ1v) is 10.2. The molecule has 0 bridgehead atoms. The highest BCUT2D eigenvalue weighted by Gasteiger charge is 2.19. The van der Waals surface area contributed by atoms with Crippen molar-refractivity contribution in [3.05, 3.63) is 53.1 Å². The lowest BCUT2D eigenvalue weighted by molar-refractivity contribution is 0.112. The fraction of sp³-hybridized carbons (Fsp3) is 0.350. The lowest BCUT2D eigenvalue weighted by Gasteiger charge is -2.20. The number of hydrogen-bond donors (Lipinski definition) is 0. The van der Waals surface area contributed by atoms with Crippen LogP contribution in [0.25, 0.3) is 0 Å². The SMILES string of the molecule is CCCCCCOP(c1ccccc1)c1cc(Cl)c(OC)c(C=O)c1. The highest BCUT2D eigenvalue weighted by Crippen LogP contribution is 2.38. The minimum absolute atomic E-state index is 0.409. The summed E-state index contributed by atoms with van der Waals surface area (Å²) in [5.74, 6) is 0.409. The number of unbranched alkanes of at least 4 members (excludes halogenated alkanes) is 3. The molecule has 0 aliphatic heterocycles. The van der Waals surface area contributed by atoms with Crippen LogP contribution in [0.3, 0.4) is 0 Å². The van der Waals surface area contributed by atoms with Crippen LogP contribution in [0.2, 0.25) is 5.02 Å². The lowest BCUT2D eigenvalue weighted by Crippen LogP contribution is -2.15. The molecule has 1 unspecified atom stereocenters. The maximum absolute atomic E-state index is 11.4. The average Bonchev–Trinajstić information content (AvgIpc) is 2.64. The number of benzene rings is 2. The first-order chi connectivity index (χ1) is 12.2. The molecule has 2 aromatic rings. The summed E-state index contributed by atoms with van der Waals surface area (Å²) >= 11 is 6.32. The van der Waals surface area contributed by atoms with Gasteiger partial charge in [-0.15, -0.1) is 0 Å². The Morgan fingerprint density at radius 2 is 1.84 bits per heavy atom. The maximum Gasteiger partial charge on any atom is 0.153 e. The fourth-order valence-corrected chi connectivity index (χ4v) is 4.80. The van der Waals surface area contributed by atoms with Crippen LogP contribution in [0.5, 0.6) is 5.75 Å². The normalized spacial score (nSPS) is 12.0. The minimum atomic E-state index is -1.03. The zero-order chi connectivity index (χ0) is 18.1. The van der Waals surface area contributed by atoms with Crippen LogP contribution < -0.4 is 15.3 Å². The van der Waals surface area contributed by atoms with E-state index in [1.165, 1.54) is 20.0 Å². The van der Waals surface area contributed by atoms with Crippen molar-refractivity contribution in [1.82, 2.24) is 0 Å². The number of hydrogen-bond acceptors (Lipinski definition) is 3. The van der Waals surface area contributed by atoms with Crippen LogP contribution in [-0.2, 0) is 4.52 Å². The highest BCUT2D eigenvalue weighted by molar-refractivity contribution is 7.68. The van der Waals surface area contributed by atoms with Gasteiger partial charge in [0, 0.05) is 10.6 Å². The van der Waals surface area contributed by atoms with Crippen molar-refractivity contribution >= 4 is 36.6 Å². The van der Waals surface area contributed by atoms with Gasteiger partial charge in [0.05, 0.1) is 32.5 Å². The van der Waals surface area contributed by atoms with Gasteiger partial charge in [-0.3, -0.25) is 4.79 Å². The van der Waals surface area contributed by atoms with Gasteiger partial charge in [-0.05, 0) is 18.6 Å². The standard InChI is InChI=1S/C20H24ClO3P/c1-3-4-5-9-12-24-25(17-10-7-6-8-11-17)18-13-16(15-22)20(23-2)19(21)14-18/h6-8,10-11,13-15H,3-5,9,12H2,1-2H3. The number of ether oxygens (including phenoxy) is 1. The molecular weight excluding hydrogens is 355 g/mol. The van der Waals surface area contributed by atoms with E-state index in [9.17, 15) is 4.79 Å². The van der Waals surface area contributed by atoms with Crippen molar-refractivity contribution in [2.45, 2.75) is 32.6 Å². The molecule has 0 aromatic heterocycles. The van der Waals surface area contributed by atoms with E-state index in [1.54, 1.807) is 0 Å². The third-order valence-corrected chi connectivity index (χ3v) is 6.05. The number of carbonyl (C=O) groups is 1. The van der Waals surface area contributed by atoms with E-state index in [-0.39, 0.29) is 0 Å². The van der Waals surface area contributed by atoms with E-state index in [4.69, 9.17) is 20.9 Å². The summed E-state index contributed by atoms with van der Waals surface area (Å²) < 4.78 is 11.5. The van der Waals surface area contributed by atoms with Gasteiger partial charge in [-0.25, -0.2) is 0 Å².